The summed E-state index contributed by atoms with van der Waals surface area (Å²) in [4.78, 5) is 4.07. The highest BCUT2D eigenvalue weighted by Gasteiger charge is 2.07. The van der Waals surface area contributed by atoms with E-state index in [0.29, 0.717) is 11.4 Å². The minimum atomic E-state index is 0.287. The average molecular weight is 256 g/mol. The molecule has 0 atom stereocenters. The Bertz CT molecular complexity index is 502. The number of nitrogens with zero attached hydrogens (tertiary/aromatic N) is 3. The Balaban J connectivity index is 2.45. The lowest BCUT2D eigenvalue weighted by Gasteiger charge is -2.04. The summed E-state index contributed by atoms with van der Waals surface area (Å²) in [7, 11) is 1.56. The molecule has 0 aromatic carbocycles. The van der Waals surface area contributed by atoms with E-state index < -0.39 is 0 Å². The maximum absolute atomic E-state index is 5.91. The van der Waals surface area contributed by atoms with Crippen LogP contribution in [0.25, 0.3) is 11.1 Å². The zero-order chi connectivity index (χ0) is 11.5. The van der Waals surface area contributed by atoms with E-state index in [4.69, 9.17) is 27.9 Å². The standard InChI is InChI=1S/C10H7Cl2N3O/c1-16-9-3-2-6(5-13-9)7-4-8(11)14-15-10(7)12/h2-5H,1H3. The summed E-state index contributed by atoms with van der Waals surface area (Å²) in [5, 5.41) is 7.93. The van der Waals surface area contributed by atoms with E-state index in [-0.39, 0.29) is 10.3 Å². The van der Waals surface area contributed by atoms with E-state index in [2.05, 4.69) is 15.2 Å². The van der Waals surface area contributed by atoms with Crippen molar-refractivity contribution >= 4 is 23.2 Å². The highest BCUT2D eigenvalue weighted by atomic mass is 35.5. The van der Waals surface area contributed by atoms with Gasteiger partial charge in [0, 0.05) is 23.4 Å². The summed E-state index contributed by atoms with van der Waals surface area (Å²) >= 11 is 11.7. The van der Waals surface area contributed by atoms with Crippen molar-refractivity contribution in [3.8, 4) is 17.0 Å². The van der Waals surface area contributed by atoms with Crippen LogP contribution >= 0.6 is 23.2 Å². The molecule has 2 aromatic heterocycles. The summed E-state index contributed by atoms with van der Waals surface area (Å²) in [5.41, 5.74) is 1.50. The maximum atomic E-state index is 5.91. The minimum Gasteiger partial charge on any atom is -0.481 e. The quantitative estimate of drug-likeness (QED) is 0.828. The maximum Gasteiger partial charge on any atom is 0.212 e. The SMILES string of the molecule is COc1ccc(-c2cc(Cl)nnc2Cl)cn1. The van der Waals surface area contributed by atoms with Crippen molar-refractivity contribution in [2.75, 3.05) is 7.11 Å². The zero-order valence-corrected chi connectivity index (χ0v) is 9.83. The molecule has 0 aliphatic carbocycles. The lowest BCUT2D eigenvalue weighted by Crippen LogP contribution is -1.90. The molecule has 6 heteroatoms. The highest BCUT2D eigenvalue weighted by Crippen LogP contribution is 2.27. The van der Waals surface area contributed by atoms with E-state index in [9.17, 15) is 0 Å². The van der Waals surface area contributed by atoms with Gasteiger partial charge in [0.15, 0.2) is 10.3 Å². The van der Waals surface area contributed by atoms with Gasteiger partial charge >= 0.3 is 0 Å². The molecular weight excluding hydrogens is 249 g/mol. The van der Waals surface area contributed by atoms with Crippen molar-refractivity contribution in [3.63, 3.8) is 0 Å². The topological polar surface area (TPSA) is 47.9 Å². The fourth-order valence-corrected chi connectivity index (χ4v) is 1.56. The van der Waals surface area contributed by atoms with E-state index in [1.807, 2.05) is 6.07 Å². The molecule has 0 saturated carbocycles. The number of hydrogen-bond acceptors (Lipinski definition) is 4. The van der Waals surface area contributed by atoms with Crippen LogP contribution < -0.4 is 4.74 Å². The van der Waals surface area contributed by atoms with E-state index in [1.54, 1.807) is 25.4 Å². The molecule has 0 fully saturated rings. The molecule has 16 heavy (non-hydrogen) atoms. The second kappa shape index (κ2) is 4.63. The summed E-state index contributed by atoms with van der Waals surface area (Å²) in [5.74, 6) is 0.535. The summed E-state index contributed by atoms with van der Waals surface area (Å²) in [6.45, 7) is 0. The smallest absolute Gasteiger partial charge is 0.212 e. The van der Waals surface area contributed by atoms with Gasteiger partial charge in [-0.2, -0.15) is 0 Å². The van der Waals surface area contributed by atoms with Crippen LogP contribution in [0.5, 0.6) is 5.88 Å². The normalized spacial score (nSPS) is 10.2. The van der Waals surface area contributed by atoms with Crippen molar-refractivity contribution in [3.05, 3.63) is 34.7 Å². The second-order valence-corrected chi connectivity index (χ2v) is 3.71. The van der Waals surface area contributed by atoms with Crippen molar-refractivity contribution < 1.29 is 4.74 Å². The average Bonchev–Trinajstić information content (AvgIpc) is 2.32. The summed E-state index contributed by atoms with van der Waals surface area (Å²) < 4.78 is 4.96. The molecule has 0 bridgehead atoms. The summed E-state index contributed by atoms with van der Waals surface area (Å²) in [6.07, 6.45) is 1.64. The number of hydrogen-bond donors (Lipinski definition) is 0. The van der Waals surface area contributed by atoms with Crippen LogP contribution in [0.15, 0.2) is 24.4 Å². The van der Waals surface area contributed by atoms with E-state index in [1.165, 1.54) is 0 Å². The molecule has 2 aromatic rings. The number of ether oxygens (including phenoxy) is 1. The van der Waals surface area contributed by atoms with Crippen LogP contribution in [0.4, 0.5) is 0 Å². The molecule has 4 nitrogen and oxygen atoms in total. The van der Waals surface area contributed by atoms with Crippen LogP contribution in [0.2, 0.25) is 10.3 Å². The Morgan fingerprint density at radius 1 is 1.19 bits per heavy atom. The molecule has 0 N–H and O–H groups in total. The Morgan fingerprint density at radius 3 is 2.62 bits per heavy atom. The largest absolute Gasteiger partial charge is 0.481 e. The molecule has 0 aliphatic rings. The van der Waals surface area contributed by atoms with Crippen LogP contribution in [0, 0.1) is 0 Å². The molecular formula is C10H7Cl2N3O. The number of halogens is 2. The fraction of sp³-hybridized carbons (Fsp3) is 0.100. The van der Waals surface area contributed by atoms with Gasteiger partial charge in [-0.25, -0.2) is 4.98 Å². The Labute approximate surface area is 102 Å². The third-order valence-corrected chi connectivity index (χ3v) is 2.44. The molecule has 0 saturated heterocycles. The molecule has 2 heterocycles. The highest BCUT2D eigenvalue weighted by molar-refractivity contribution is 6.33. The molecule has 0 aliphatic heterocycles. The lowest BCUT2D eigenvalue weighted by molar-refractivity contribution is 0.398. The van der Waals surface area contributed by atoms with Crippen LogP contribution in [-0.2, 0) is 0 Å². The number of rotatable bonds is 2. The van der Waals surface area contributed by atoms with Gasteiger partial charge in [0.25, 0.3) is 0 Å². The third-order valence-electron chi connectivity index (χ3n) is 1.98. The second-order valence-electron chi connectivity index (χ2n) is 2.96. The Kier molecular flexibility index (Phi) is 3.22. The van der Waals surface area contributed by atoms with Crippen LogP contribution in [0.1, 0.15) is 0 Å². The van der Waals surface area contributed by atoms with E-state index >= 15 is 0 Å². The predicted octanol–water partition coefficient (Wildman–Crippen LogP) is 2.85. The first-order valence-corrected chi connectivity index (χ1v) is 5.15. The van der Waals surface area contributed by atoms with Gasteiger partial charge < -0.3 is 4.74 Å². The van der Waals surface area contributed by atoms with Gasteiger partial charge in [-0.1, -0.05) is 23.2 Å². The van der Waals surface area contributed by atoms with Gasteiger partial charge in [-0.15, -0.1) is 10.2 Å². The predicted molar refractivity (Wildman–Crippen MR) is 61.8 cm³/mol. The van der Waals surface area contributed by atoms with Crippen LogP contribution in [0.3, 0.4) is 0 Å². The van der Waals surface area contributed by atoms with Crippen LogP contribution in [-0.4, -0.2) is 22.3 Å². The van der Waals surface area contributed by atoms with Gasteiger partial charge in [0.05, 0.1) is 7.11 Å². The third kappa shape index (κ3) is 2.23. The minimum absolute atomic E-state index is 0.287. The Hall–Kier alpha value is -1.39. The molecule has 0 radical (unpaired) electrons. The first kappa shape index (κ1) is 11.1. The zero-order valence-electron chi connectivity index (χ0n) is 8.32. The number of aromatic nitrogens is 3. The van der Waals surface area contributed by atoms with Crippen molar-refractivity contribution in [1.29, 1.82) is 0 Å². The van der Waals surface area contributed by atoms with Gasteiger partial charge in [0.2, 0.25) is 5.88 Å². The Morgan fingerprint density at radius 2 is 2.00 bits per heavy atom. The molecule has 0 amide bonds. The fourth-order valence-electron chi connectivity index (χ4n) is 1.22. The van der Waals surface area contributed by atoms with Gasteiger partial charge in [-0.05, 0) is 12.1 Å². The first-order chi connectivity index (χ1) is 7.70. The van der Waals surface area contributed by atoms with Gasteiger partial charge in [-0.3, -0.25) is 0 Å². The summed E-state index contributed by atoms with van der Waals surface area (Å²) in [6, 6.07) is 5.20. The van der Waals surface area contributed by atoms with Crippen molar-refractivity contribution in [1.82, 2.24) is 15.2 Å². The molecule has 0 unspecified atom stereocenters. The molecule has 2 rings (SSSR count). The van der Waals surface area contributed by atoms with Crippen molar-refractivity contribution in [2.24, 2.45) is 0 Å². The van der Waals surface area contributed by atoms with Crippen molar-refractivity contribution in [2.45, 2.75) is 0 Å². The lowest BCUT2D eigenvalue weighted by atomic mass is 10.1. The first-order valence-electron chi connectivity index (χ1n) is 4.40. The number of methoxy groups -OCH3 is 1. The number of pyridine rings is 1. The van der Waals surface area contributed by atoms with E-state index in [0.717, 1.165) is 5.56 Å². The molecule has 82 valence electrons. The van der Waals surface area contributed by atoms with Gasteiger partial charge in [0.1, 0.15) is 0 Å². The monoisotopic (exact) mass is 255 g/mol. The molecule has 0 spiro atoms.